The highest BCUT2D eigenvalue weighted by Crippen LogP contribution is 2.30. The number of unbranched alkanes of at least 4 members (excludes halogenated alkanes) is 8. The lowest BCUT2D eigenvalue weighted by Crippen LogP contribution is -2.08. The fourth-order valence-corrected chi connectivity index (χ4v) is 12.8. The molecule has 2 heteroatoms. The Labute approximate surface area is 821 Å². The topological polar surface area (TPSA) is 0 Å². The summed E-state index contributed by atoms with van der Waals surface area (Å²) in [5, 5.41) is 0. The summed E-state index contributed by atoms with van der Waals surface area (Å²) < 4.78 is 0. The molecule has 0 atom stereocenters. The van der Waals surface area contributed by atoms with E-state index in [0.29, 0.717) is 0 Å². The van der Waals surface area contributed by atoms with Crippen molar-refractivity contribution in [3.8, 4) is 0 Å². The summed E-state index contributed by atoms with van der Waals surface area (Å²) in [6.45, 7) is 112. The number of hydrogen-bond donors (Lipinski definition) is 0. The van der Waals surface area contributed by atoms with Crippen LogP contribution in [0.4, 0.5) is 0 Å². The van der Waals surface area contributed by atoms with Crippen molar-refractivity contribution in [2.24, 2.45) is 130 Å². The fraction of sp³-hybridized carbons (Fsp3) is 0.903. The van der Waals surface area contributed by atoms with Crippen molar-refractivity contribution in [1.29, 1.82) is 0 Å². The standard InChI is InChI=1S/2C10H20.2C10H14.2C9H20.2C7H16.2C6H14S.4C6H14.4C4H10/c4*1-9(2)8-10-6-4-3-5-7-10;2*1-4-5-6-7-8-9(2)3;2*1-4-5-6-7(2)3;2*1-6(2)4-5-7-3;2*1-5(2)6(3)4;2*1-4-5-6(2)3;4*1-4(2)3/h2*9-10H,3-8H2,1-2H3;2*3-7,9H,8H2,1-2H3;2*9H,4-8H2,1-3H3;2*7H,4-6H2,1-3H3;2*6H,4-5H2,1-3H3;2*5-6H,1-4H3;2*6H,4-5H2,1-3H3;4*4H,1-3H3. The number of rotatable bonds is 36. The normalized spacial score (nSPS) is 12.1. The highest BCUT2D eigenvalue weighted by atomic mass is 32.2. The average Bonchev–Trinajstić information content (AvgIpc) is 0.971. The van der Waals surface area contributed by atoms with Crippen LogP contribution < -0.4 is 0 Å². The molecular weight excluding hydrogens is 1550 g/mol. The summed E-state index contributed by atoms with van der Waals surface area (Å²) in [4.78, 5) is 0. The van der Waals surface area contributed by atoms with Gasteiger partial charge in [-0.1, -0.05) is 599 Å². The maximum absolute atomic E-state index is 2.34. The second-order valence-corrected chi connectivity index (χ2v) is 48.6. The minimum absolute atomic E-state index is 0.766. The number of thioether (sulfide) groups is 2. The maximum atomic E-state index is 2.34. The van der Waals surface area contributed by atoms with E-state index in [4.69, 9.17) is 0 Å². The molecule has 0 bridgehead atoms. The molecular formula is C124H264S2. The van der Waals surface area contributed by atoms with E-state index in [2.05, 4.69) is 419 Å². The summed E-state index contributed by atoms with van der Waals surface area (Å²) >= 11 is 3.86. The van der Waals surface area contributed by atoms with Gasteiger partial charge >= 0.3 is 0 Å². The van der Waals surface area contributed by atoms with Crippen LogP contribution in [0.1, 0.15) is 576 Å². The molecule has 0 unspecified atom stereocenters. The molecule has 2 fully saturated rings. The van der Waals surface area contributed by atoms with Crippen LogP contribution in [0.2, 0.25) is 0 Å². The zero-order valence-electron chi connectivity index (χ0n) is 99.2. The fourth-order valence-electron chi connectivity index (χ4n) is 11.4. The van der Waals surface area contributed by atoms with Crippen LogP contribution in [0, 0.1) is 130 Å². The molecule has 0 spiro atoms. The Kier molecular flexibility index (Phi) is 159. The summed E-state index contributed by atoms with van der Waals surface area (Å²) in [6, 6.07) is 21.2. The van der Waals surface area contributed by atoms with Crippen molar-refractivity contribution in [1.82, 2.24) is 0 Å². The van der Waals surface area contributed by atoms with Crippen LogP contribution in [0.25, 0.3) is 0 Å². The zero-order valence-corrected chi connectivity index (χ0v) is 101. The number of benzene rings is 2. The Balaban J connectivity index is -0.0000000885. The molecule has 0 N–H and O–H groups in total. The molecule has 0 nitrogen and oxygen atoms in total. The first-order valence-corrected chi connectivity index (χ1v) is 58.4. The Morgan fingerprint density at radius 1 is 0.214 bits per heavy atom. The van der Waals surface area contributed by atoms with Crippen molar-refractivity contribution in [3.05, 3.63) is 71.8 Å². The molecule has 4 rings (SSSR count). The lowest BCUT2D eigenvalue weighted by Gasteiger charge is -2.22. The van der Waals surface area contributed by atoms with E-state index in [1.807, 2.05) is 23.5 Å². The zero-order chi connectivity index (χ0) is 101. The third-order valence-electron chi connectivity index (χ3n) is 19.8. The SMILES string of the molecule is CC(C)C.CC(C)C.CC(C)C.CC(C)C.CC(C)C(C)C.CC(C)C(C)C.CC(C)CC1CCCCC1.CC(C)CC1CCCCC1.CC(C)Cc1ccccc1.CC(C)Cc1ccccc1.CCCC(C)C.CCCC(C)C.CCCCC(C)C.CCCCC(C)C.CCCCCCC(C)C.CCCCCCC(C)C.CSCCC(C)C.CSCCC(C)C. The predicted molar refractivity (Wildman–Crippen MR) is 615 cm³/mol. The van der Waals surface area contributed by atoms with Gasteiger partial charge in [0.2, 0.25) is 0 Å². The quantitative estimate of drug-likeness (QED) is 0.0624. The lowest BCUT2D eigenvalue weighted by molar-refractivity contribution is 0.305. The molecule has 2 aromatic rings. The lowest BCUT2D eigenvalue weighted by atomic mass is 9.84. The van der Waals surface area contributed by atoms with E-state index < -0.39 is 0 Å². The van der Waals surface area contributed by atoms with E-state index in [1.54, 1.807) is 0 Å². The van der Waals surface area contributed by atoms with Crippen molar-refractivity contribution in [2.75, 3.05) is 24.0 Å². The highest BCUT2D eigenvalue weighted by Gasteiger charge is 2.15. The Morgan fingerprint density at radius 2 is 0.413 bits per heavy atom. The van der Waals surface area contributed by atoms with Crippen molar-refractivity contribution >= 4 is 23.5 Å². The highest BCUT2D eigenvalue weighted by molar-refractivity contribution is 7.98. The van der Waals surface area contributed by atoms with Gasteiger partial charge in [-0.05, 0) is 204 Å². The minimum Gasteiger partial charge on any atom is -0.165 e. The van der Waals surface area contributed by atoms with Crippen LogP contribution in [0.3, 0.4) is 0 Å². The van der Waals surface area contributed by atoms with Crippen molar-refractivity contribution < 1.29 is 0 Å². The maximum Gasteiger partial charge on any atom is -0.00679 e. The van der Waals surface area contributed by atoms with Gasteiger partial charge in [0.1, 0.15) is 0 Å². The molecule has 2 aliphatic rings. The van der Waals surface area contributed by atoms with Gasteiger partial charge in [0.05, 0.1) is 0 Å². The van der Waals surface area contributed by atoms with Gasteiger partial charge in [0.15, 0.2) is 0 Å². The molecule has 2 saturated carbocycles. The van der Waals surface area contributed by atoms with E-state index in [0.717, 1.165) is 130 Å². The first-order valence-electron chi connectivity index (χ1n) is 55.6. The van der Waals surface area contributed by atoms with E-state index >= 15 is 0 Å². The van der Waals surface area contributed by atoms with E-state index in [9.17, 15) is 0 Å². The first kappa shape index (κ1) is 156. The van der Waals surface area contributed by atoms with Gasteiger partial charge in [-0.25, -0.2) is 0 Å². The molecule has 0 amide bonds. The Bertz CT molecular complexity index is 1760. The van der Waals surface area contributed by atoms with Gasteiger partial charge in [0.25, 0.3) is 0 Å². The number of hydrogen-bond acceptors (Lipinski definition) is 2. The molecule has 2 aliphatic carbocycles. The summed E-state index contributed by atoms with van der Waals surface area (Å²) in [5.74, 6) is 22.1. The van der Waals surface area contributed by atoms with Crippen LogP contribution in [0.15, 0.2) is 60.7 Å². The van der Waals surface area contributed by atoms with Crippen LogP contribution >= 0.6 is 23.5 Å². The molecule has 0 saturated heterocycles. The second-order valence-electron chi connectivity index (χ2n) is 46.6. The molecule has 0 heterocycles. The third kappa shape index (κ3) is 231. The van der Waals surface area contributed by atoms with Gasteiger partial charge in [-0.3, -0.25) is 0 Å². The molecule has 0 radical (unpaired) electrons. The molecule has 0 aliphatic heterocycles. The summed E-state index contributed by atoms with van der Waals surface area (Å²) in [6.07, 6.45) is 55.2. The predicted octanol–water partition coefficient (Wildman–Crippen LogP) is 46.8. The second kappa shape index (κ2) is 128. The van der Waals surface area contributed by atoms with Crippen LogP contribution in [-0.2, 0) is 12.8 Å². The first-order chi connectivity index (χ1) is 58.5. The molecule has 126 heavy (non-hydrogen) atoms. The van der Waals surface area contributed by atoms with Crippen molar-refractivity contribution in [3.63, 3.8) is 0 Å². The largest absolute Gasteiger partial charge is 0.165 e. The summed E-state index contributed by atoms with van der Waals surface area (Å²) in [5.41, 5.74) is 2.88. The molecule has 0 aromatic heterocycles. The van der Waals surface area contributed by atoms with Crippen LogP contribution in [0.5, 0.6) is 0 Å². The minimum atomic E-state index is 0.766. The van der Waals surface area contributed by atoms with Crippen LogP contribution in [-0.4, -0.2) is 24.0 Å². The van der Waals surface area contributed by atoms with Gasteiger partial charge in [-0.15, -0.1) is 0 Å². The third-order valence-corrected chi connectivity index (χ3v) is 21.1. The monoisotopic (exact) mass is 1820 g/mol. The molecule has 2 aromatic carbocycles. The summed E-state index contributed by atoms with van der Waals surface area (Å²) in [7, 11) is 0. The Morgan fingerprint density at radius 3 is 0.540 bits per heavy atom. The van der Waals surface area contributed by atoms with E-state index in [-0.39, 0.29) is 0 Å². The smallest absolute Gasteiger partial charge is 0.00679 e. The van der Waals surface area contributed by atoms with Crippen molar-refractivity contribution in [2.45, 2.75) is 577 Å². The van der Waals surface area contributed by atoms with E-state index in [1.165, 1.54) is 254 Å². The van der Waals surface area contributed by atoms with Gasteiger partial charge in [-0.2, -0.15) is 23.5 Å². The Hall–Kier alpha value is -0.860. The average molecular weight is 1820 g/mol. The molecule has 772 valence electrons. The van der Waals surface area contributed by atoms with Gasteiger partial charge < -0.3 is 0 Å². The van der Waals surface area contributed by atoms with Gasteiger partial charge in [0, 0.05) is 0 Å².